The summed E-state index contributed by atoms with van der Waals surface area (Å²) in [5.41, 5.74) is 2.95. The highest BCUT2D eigenvalue weighted by atomic mass is 16.5. The summed E-state index contributed by atoms with van der Waals surface area (Å²) < 4.78 is 10.4. The molecular weight excluding hydrogens is 320 g/mol. The van der Waals surface area contributed by atoms with E-state index >= 15 is 0 Å². The number of carbonyl (C=O) groups excluding carboxylic acids is 2. The Balaban J connectivity index is 1.52. The van der Waals surface area contributed by atoms with E-state index in [0.29, 0.717) is 22.7 Å². The van der Waals surface area contributed by atoms with Gasteiger partial charge in [-0.25, -0.2) is 9.78 Å². The molecule has 0 unspecified atom stereocenters. The molecule has 1 heterocycles. The molecule has 25 heavy (non-hydrogen) atoms. The van der Waals surface area contributed by atoms with E-state index in [2.05, 4.69) is 10.3 Å². The number of ether oxygens (including phenoxy) is 1. The van der Waals surface area contributed by atoms with Gasteiger partial charge in [-0.3, -0.25) is 4.79 Å². The third-order valence-corrected chi connectivity index (χ3v) is 3.44. The molecule has 1 aromatic heterocycles. The Bertz CT molecular complexity index is 910. The zero-order valence-electron chi connectivity index (χ0n) is 13.6. The lowest BCUT2D eigenvalue weighted by atomic mass is 10.2. The Morgan fingerprint density at radius 2 is 1.92 bits per heavy atom. The predicted octanol–water partition coefficient (Wildman–Crippen LogP) is 3.33. The van der Waals surface area contributed by atoms with Crippen LogP contribution in [0.4, 0.5) is 5.69 Å². The zero-order chi connectivity index (χ0) is 17.6. The Morgan fingerprint density at radius 3 is 2.72 bits per heavy atom. The molecule has 126 valence electrons. The molecule has 6 heteroatoms. The summed E-state index contributed by atoms with van der Waals surface area (Å²) >= 11 is 0. The van der Waals surface area contributed by atoms with Crippen LogP contribution >= 0.6 is 0 Å². The van der Waals surface area contributed by atoms with Gasteiger partial charge in [-0.15, -0.1) is 0 Å². The minimum atomic E-state index is -0.651. The van der Waals surface area contributed by atoms with Crippen LogP contribution in [0.15, 0.2) is 59.0 Å². The van der Waals surface area contributed by atoms with E-state index in [1.165, 1.54) is 12.2 Å². The number of hydrogen-bond acceptors (Lipinski definition) is 5. The van der Waals surface area contributed by atoms with Crippen molar-refractivity contribution in [1.82, 2.24) is 4.98 Å². The van der Waals surface area contributed by atoms with Crippen molar-refractivity contribution in [2.45, 2.75) is 6.92 Å². The van der Waals surface area contributed by atoms with E-state index in [4.69, 9.17) is 9.15 Å². The second-order valence-electron chi connectivity index (χ2n) is 5.32. The van der Waals surface area contributed by atoms with Crippen molar-refractivity contribution in [3.8, 4) is 0 Å². The molecule has 2 aromatic carbocycles. The first-order valence-electron chi connectivity index (χ1n) is 7.68. The summed E-state index contributed by atoms with van der Waals surface area (Å²) in [5.74, 6) is -0.761. The normalized spacial score (nSPS) is 10.9. The maximum absolute atomic E-state index is 11.8. The maximum atomic E-state index is 11.8. The molecule has 0 atom stereocenters. The number of oxazole rings is 1. The van der Waals surface area contributed by atoms with Gasteiger partial charge in [0.1, 0.15) is 5.52 Å². The van der Waals surface area contributed by atoms with Gasteiger partial charge in [-0.05, 0) is 30.7 Å². The minimum absolute atomic E-state index is 0.294. The summed E-state index contributed by atoms with van der Waals surface area (Å²) in [5, 5.41) is 2.69. The van der Waals surface area contributed by atoms with Crippen LogP contribution in [0.5, 0.6) is 0 Å². The summed E-state index contributed by atoms with van der Waals surface area (Å²) in [4.78, 5) is 27.7. The maximum Gasteiger partial charge on any atom is 0.331 e. The Labute approximate surface area is 144 Å². The fourth-order valence-electron chi connectivity index (χ4n) is 2.18. The van der Waals surface area contributed by atoms with Gasteiger partial charge in [0.25, 0.3) is 5.91 Å². The number of amides is 1. The number of benzene rings is 2. The first-order chi connectivity index (χ1) is 12.1. The quantitative estimate of drug-likeness (QED) is 0.571. The van der Waals surface area contributed by atoms with Crippen LogP contribution in [-0.2, 0) is 14.3 Å². The van der Waals surface area contributed by atoms with E-state index in [9.17, 15) is 9.59 Å². The molecule has 0 saturated carbocycles. The second-order valence-corrected chi connectivity index (χ2v) is 5.32. The average molecular weight is 336 g/mol. The first-order valence-corrected chi connectivity index (χ1v) is 7.68. The minimum Gasteiger partial charge on any atom is -0.452 e. The highest BCUT2D eigenvalue weighted by Gasteiger charge is 2.08. The third-order valence-electron chi connectivity index (χ3n) is 3.44. The molecule has 0 aliphatic heterocycles. The highest BCUT2D eigenvalue weighted by molar-refractivity contribution is 5.95. The summed E-state index contributed by atoms with van der Waals surface area (Å²) in [6.07, 6.45) is 2.58. The van der Waals surface area contributed by atoms with Crippen LogP contribution < -0.4 is 5.32 Å². The van der Waals surface area contributed by atoms with Gasteiger partial charge in [0.05, 0.1) is 0 Å². The number of anilines is 1. The van der Waals surface area contributed by atoms with Crippen LogP contribution in [-0.4, -0.2) is 23.5 Å². The molecule has 0 aliphatic carbocycles. The number of rotatable bonds is 5. The Hall–Kier alpha value is -3.41. The zero-order valence-corrected chi connectivity index (χ0v) is 13.6. The van der Waals surface area contributed by atoms with Gasteiger partial charge in [0, 0.05) is 17.8 Å². The Morgan fingerprint density at radius 1 is 1.16 bits per heavy atom. The standard InChI is InChI=1S/C19H16N2O4/c1-13-6-2-3-7-14(13)20-17(22)12-24-19(23)11-10-18-21-15-8-4-5-9-16(15)25-18/h2-11H,12H2,1H3,(H,20,22)/b11-10+. The van der Waals surface area contributed by atoms with E-state index in [1.54, 1.807) is 12.1 Å². The molecule has 1 N–H and O–H groups in total. The van der Waals surface area contributed by atoms with E-state index in [-0.39, 0.29) is 6.61 Å². The van der Waals surface area contributed by atoms with Gasteiger partial charge in [0.15, 0.2) is 12.2 Å². The van der Waals surface area contributed by atoms with Crippen molar-refractivity contribution in [2.75, 3.05) is 11.9 Å². The third kappa shape index (κ3) is 4.32. The van der Waals surface area contributed by atoms with Crippen LogP contribution in [0.3, 0.4) is 0 Å². The largest absolute Gasteiger partial charge is 0.452 e. The number of hydrogen-bond donors (Lipinski definition) is 1. The second kappa shape index (κ2) is 7.44. The SMILES string of the molecule is Cc1ccccc1NC(=O)COC(=O)/C=C/c1nc2ccccc2o1. The summed E-state index contributed by atoms with van der Waals surface area (Å²) in [7, 11) is 0. The molecule has 0 fully saturated rings. The van der Waals surface area contributed by atoms with Crippen LogP contribution in [0, 0.1) is 6.92 Å². The topological polar surface area (TPSA) is 81.4 Å². The molecule has 0 radical (unpaired) electrons. The number of carbonyl (C=O) groups is 2. The molecule has 0 spiro atoms. The fourth-order valence-corrected chi connectivity index (χ4v) is 2.18. The molecule has 0 aliphatic rings. The van der Waals surface area contributed by atoms with Crippen molar-refractivity contribution in [3.05, 3.63) is 66.1 Å². The summed E-state index contributed by atoms with van der Waals surface area (Å²) in [6.45, 7) is 1.51. The van der Waals surface area contributed by atoms with Crippen molar-refractivity contribution in [1.29, 1.82) is 0 Å². The van der Waals surface area contributed by atoms with Gasteiger partial charge in [0.2, 0.25) is 5.89 Å². The smallest absolute Gasteiger partial charge is 0.331 e. The van der Waals surface area contributed by atoms with E-state index in [0.717, 1.165) is 5.56 Å². The highest BCUT2D eigenvalue weighted by Crippen LogP contribution is 2.15. The number of aryl methyl sites for hydroxylation is 1. The van der Waals surface area contributed by atoms with Gasteiger partial charge < -0.3 is 14.5 Å². The van der Waals surface area contributed by atoms with E-state index < -0.39 is 11.9 Å². The van der Waals surface area contributed by atoms with E-state index in [1.807, 2.05) is 43.3 Å². The van der Waals surface area contributed by atoms with Crippen LogP contribution in [0.1, 0.15) is 11.5 Å². The van der Waals surface area contributed by atoms with Gasteiger partial charge in [-0.1, -0.05) is 30.3 Å². The number of nitrogens with one attached hydrogen (secondary N) is 1. The van der Waals surface area contributed by atoms with Crippen LogP contribution in [0.2, 0.25) is 0 Å². The molecule has 0 bridgehead atoms. The first kappa shape index (κ1) is 16.4. The molecular formula is C19H16N2O4. The van der Waals surface area contributed by atoms with Crippen LogP contribution in [0.25, 0.3) is 17.2 Å². The monoisotopic (exact) mass is 336 g/mol. The van der Waals surface area contributed by atoms with Crippen molar-refractivity contribution < 1.29 is 18.7 Å². The fraction of sp³-hybridized carbons (Fsp3) is 0.105. The number of nitrogens with zero attached hydrogens (tertiary/aromatic N) is 1. The molecule has 6 nitrogen and oxygen atoms in total. The lowest BCUT2D eigenvalue weighted by Gasteiger charge is -2.07. The van der Waals surface area contributed by atoms with Crippen molar-refractivity contribution in [3.63, 3.8) is 0 Å². The van der Waals surface area contributed by atoms with Gasteiger partial charge in [-0.2, -0.15) is 0 Å². The summed E-state index contributed by atoms with van der Waals surface area (Å²) in [6, 6.07) is 14.6. The number of para-hydroxylation sites is 3. The lowest BCUT2D eigenvalue weighted by molar-refractivity contribution is -0.142. The lowest BCUT2D eigenvalue weighted by Crippen LogP contribution is -2.20. The number of aromatic nitrogens is 1. The number of fused-ring (bicyclic) bond motifs is 1. The molecule has 3 rings (SSSR count). The molecule has 1 amide bonds. The number of esters is 1. The van der Waals surface area contributed by atoms with Gasteiger partial charge >= 0.3 is 5.97 Å². The average Bonchev–Trinajstić information content (AvgIpc) is 3.03. The molecule has 0 saturated heterocycles. The Kier molecular flexibility index (Phi) is 4.89. The molecule has 3 aromatic rings. The van der Waals surface area contributed by atoms with Crippen molar-refractivity contribution in [2.24, 2.45) is 0 Å². The predicted molar refractivity (Wildman–Crippen MR) is 93.8 cm³/mol. The van der Waals surface area contributed by atoms with Crippen molar-refractivity contribution >= 4 is 34.7 Å².